The molecule has 3 nitrogen and oxygen atoms in total. The van der Waals surface area contributed by atoms with Crippen molar-refractivity contribution in [3.8, 4) is 0 Å². The summed E-state index contributed by atoms with van der Waals surface area (Å²) >= 11 is 0. The zero-order chi connectivity index (χ0) is 11.0. The summed E-state index contributed by atoms with van der Waals surface area (Å²) in [5.74, 6) is 0. The summed E-state index contributed by atoms with van der Waals surface area (Å²) in [6, 6.07) is 0. The molecule has 0 atom stereocenters. The van der Waals surface area contributed by atoms with Gasteiger partial charge in [0.2, 0.25) is 0 Å². The largest absolute Gasteiger partial charge is 0.237 e. The minimum Gasteiger partial charge on any atom is -0.237 e. The van der Waals surface area contributed by atoms with Crippen molar-refractivity contribution in [2.45, 2.75) is 52.4 Å². The first-order chi connectivity index (χ1) is 6.23. The normalized spacial score (nSPS) is 13.0. The molecule has 0 aliphatic carbocycles. The average molecular weight is 193 g/mol. The number of hydrogen-bond donors (Lipinski definition) is 0. The van der Waals surface area contributed by atoms with Crippen LogP contribution in [-0.4, -0.2) is 15.2 Å². The van der Waals surface area contributed by atoms with Gasteiger partial charge in [0.25, 0.3) is 0 Å². The standard InChI is InChI=1S/C11H19N3/c1-10(2,3)8-9(11(4,5)6)14-13-7-12-8/h7H,1-6H3. The molecule has 0 amide bonds. The SMILES string of the molecule is CC(C)(C)c1ncnnc1C(C)(C)C. The highest BCUT2D eigenvalue weighted by Crippen LogP contribution is 2.29. The molecule has 0 aromatic carbocycles. The van der Waals surface area contributed by atoms with E-state index in [0.717, 1.165) is 11.4 Å². The van der Waals surface area contributed by atoms with Gasteiger partial charge in [-0.2, -0.15) is 5.10 Å². The van der Waals surface area contributed by atoms with Gasteiger partial charge in [-0.25, -0.2) is 4.98 Å². The van der Waals surface area contributed by atoms with Crippen LogP contribution in [0.4, 0.5) is 0 Å². The molecule has 0 saturated carbocycles. The molecule has 1 aromatic rings. The molecule has 0 unspecified atom stereocenters. The van der Waals surface area contributed by atoms with E-state index in [4.69, 9.17) is 0 Å². The van der Waals surface area contributed by atoms with E-state index < -0.39 is 0 Å². The van der Waals surface area contributed by atoms with Crippen LogP contribution in [0.15, 0.2) is 6.33 Å². The Morgan fingerprint density at radius 3 is 1.71 bits per heavy atom. The fourth-order valence-electron chi connectivity index (χ4n) is 1.33. The van der Waals surface area contributed by atoms with Gasteiger partial charge < -0.3 is 0 Å². The van der Waals surface area contributed by atoms with Crippen molar-refractivity contribution in [1.82, 2.24) is 15.2 Å². The molecule has 1 rings (SSSR count). The molecule has 0 spiro atoms. The molecule has 3 heteroatoms. The molecule has 14 heavy (non-hydrogen) atoms. The van der Waals surface area contributed by atoms with Crippen molar-refractivity contribution in [3.63, 3.8) is 0 Å². The fourth-order valence-corrected chi connectivity index (χ4v) is 1.33. The molecular formula is C11H19N3. The van der Waals surface area contributed by atoms with Crippen LogP contribution < -0.4 is 0 Å². The maximum atomic E-state index is 4.34. The number of hydrogen-bond acceptors (Lipinski definition) is 3. The summed E-state index contributed by atoms with van der Waals surface area (Å²) in [5, 5.41) is 8.07. The maximum Gasteiger partial charge on any atom is 0.138 e. The zero-order valence-electron chi connectivity index (χ0n) is 9.92. The zero-order valence-corrected chi connectivity index (χ0v) is 9.92. The van der Waals surface area contributed by atoms with Crippen molar-refractivity contribution in [2.75, 3.05) is 0 Å². The van der Waals surface area contributed by atoms with Gasteiger partial charge in [0.05, 0.1) is 11.4 Å². The van der Waals surface area contributed by atoms with E-state index in [2.05, 4.69) is 56.7 Å². The lowest BCUT2D eigenvalue weighted by molar-refractivity contribution is 0.487. The highest BCUT2D eigenvalue weighted by atomic mass is 15.1. The molecule has 0 fully saturated rings. The van der Waals surface area contributed by atoms with Gasteiger partial charge in [-0.05, 0) is 0 Å². The first-order valence-corrected chi connectivity index (χ1v) is 4.91. The molecule has 78 valence electrons. The average Bonchev–Trinajstić information content (AvgIpc) is 2.01. The minimum absolute atomic E-state index is 0.00384. The third-order valence-corrected chi connectivity index (χ3v) is 2.04. The van der Waals surface area contributed by atoms with Crippen molar-refractivity contribution in [1.29, 1.82) is 0 Å². The lowest BCUT2D eigenvalue weighted by atomic mass is 9.82. The van der Waals surface area contributed by atoms with Gasteiger partial charge in [0.1, 0.15) is 6.33 Å². The Bertz CT molecular complexity index is 285. The minimum atomic E-state index is 0.00384. The highest BCUT2D eigenvalue weighted by molar-refractivity contribution is 5.23. The van der Waals surface area contributed by atoms with Crippen LogP contribution in [0, 0.1) is 0 Å². The Kier molecular flexibility index (Phi) is 2.61. The molecule has 1 aromatic heterocycles. The van der Waals surface area contributed by atoms with Gasteiger partial charge in [-0.1, -0.05) is 41.5 Å². The van der Waals surface area contributed by atoms with Crippen LogP contribution in [0.1, 0.15) is 52.9 Å². The van der Waals surface area contributed by atoms with E-state index in [9.17, 15) is 0 Å². The van der Waals surface area contributed by atoms with Gasteiger partial charge in [0.15, 0.2) is 0 Å². The van der Waals surface area contributed by atoms with Gasteiger partial charge >= 0.3 is 0 Å². The van der Waals surface area contributed by atoms with Crippen molar-refractivity contribution >= 4 is 0 Å². The molecule has 0 bridgehead atoms. The first kappa shape index (κ1) is 11.1. The number of aromatic nitrogens is 3. The van der Waals surface area contributed by atoms with Crippen LogP contribution in [0.2, 0.25) is 0 Å². The second kappa shape index (κ2) is 3.30. The van der Waals surface area contributed by atoms with E-state index in [1.807, 2.05) is 0 Å². The van der Waals surface area contributed by atoms with Crippen LogP contribution in [0.25, 0.3) is 0 Å². The van der Waals surface area contributed by atoms with Crippen LogP contribution in [0.5, 0.6) is 0 Å². The van der Waals surface area contributed by atoms with Crippen LogP contribution in [0.3, 0.4) is 0 Å². The van der Waals surface area contributed by atoms with Crippen molar-refractivity contribution in [3.05, 3.63) is 17.7 Å². The lowest BCUT2D eigenvalue weighted by Gasteiger charge is -2.26. The predicted octanol–water partition coefficient (Wildman–Crippen LogP) is 2.47. The van der Waals surface area contributed by atoms with Gasteiger partial charge in [-0.15, -0.1) is 5.10 Å². The van der Waals surface area contributed by atoms with Crippen molar-refractivity contribution < 1.29 is 0 Å². The predicted molar refractivity (Wildman–Crippen MR) is 57.2 cm³/mol. The van der Waals surface area contributed by atoms with E-state index >= 15 is 0 Å². The summed E-state index contributed by atoms with van der Waals surface area (Å²) in [5.41, 5.74) is 2.06. The molecule has 0 aliphatic rings. The van der Waals surface area contributed by atoms with E-state index in [1.54, 1.807) is 0 Å². The van der Waals surface area contributed by atoms with Gasteiger partial charge in [0, 0.05) is 10.8 Å². The number of nitrogens with zero attached hydrogens (tertiary/aromatic N) is 3. The fraction of sp³-hybridized carbons (Fsp3) is 0.727. The monoisotopic (exact) mass is 193 g/mol. The third-order valence-electron chi connectivity index (χ3n) is 2.04. The van der Waals surface area contributed by atoms with E-state index in [1.165, 1.54) is 6.33 Å². The van der Waals surface area contributed by atoms with E-state index in [-0.39, 0.29) is 10.8 Å². The Morgan fingerprint density at radius 2 is 1.36 bits per heavy atom. The van der Waals surface area contributed by atoms with Crippen LogP contribution in [-0.2, 0) is 10.8 Å². The van der Waals surface area contributed by atoms with Crippen molar-refractivity contribution in [2.24, 2.45) is 0 Å². The quantitative estimate of drug-likeness (QED) is 0.635. The van der Waals surface area contributed by atoms with E-state index in [0.29, 0.717) is 0 Å². The Hall–Kier alpha value is -0.990. The Balaban J connectivity index is 3.31. The molecule has 0 radical (unpaired) electrons. The summed E-state index contributed by atoms with van der Waals surface area (Å²) in [4.78, 5) is 4.34. The molecule has 0 N–H and O–H groups in total. The third kappa shape index (κ3) is 2.28. The first-order valence-electron chi connectivity index (χ1n) is 4.91. The summed E-state index contributed by atoms with van der Waals surface area (Å²) in [6.45, 7) is 12.8. The summed E-state index contributed by atoms with van der Waals surface area (Å²) in [6.07, 6.45) is 1.52. The number of rotatable bonds is 0. The second-order valence-corrected chi connectivity index (χ2v) is 5.66. The lowest BCUT2D eigenvalue weighted by Crippen LogP contribution is -2.25. The smallest absolute Gasteiger partial charge is 0.138 e. The topological polar surface area (TPSA) is 38.7 Å². The Morgan fingerprint density at radius 1 is 0.857 bits per heavy atom. The summed E-state index contributed by atoms with van der Waals surface area (Å²) in [7, 11) is 0. The maximum absolute atomic E-state index is 4.34. The molecule has 1 heterocycles. The Labute approximate surface area is 86.0 Å². The molecular weight excluding hydrogens is 174 g/mol. The molecule has 0 saturated heterocycles. The second-order valence-electron chi connectivity index (χ2n) is 5.66. The molecule has 0 aliphatic heterocycles. The van der Waals surface area contributed by atoms with Crippen LogP contribution >= 0.6 is 0 Å². The highest BCUT2D eigenvalue weighted by Gasteiger charge is 2.27. The van der Waals surface area contributed by atoms with Gasteiger partial charge in [-0.3, -0.25) is 0 Å². The summed E-state index contributed by atoms with van der Waals surface area (Å²) < 4.78 is 0.